The van der Waals surface area contributed by atoms with Crippen molar-refractivity contribution >= 4 is 5.82 Å². The summed E-state index contributed by atoms with van der Waals surface area (Å²) in [5.41, 5.74) is 7.35. The highest BCUT2D eigenvalue weighted by molar-refractivity contribution is 5.43. The van der Waals surface area contributed by atoms with E-state index in [4.69, 9.17) is 15.2 Å². The van der Waals surface area contributed by atoms with Gasteiger partial charge in [-0.15, -0.1) is 5.10 Å². The number of rotatable bonds is 4. The number of aromatic nitrogens is 4. The molecular weight excluding hydrogens is 270 g/mol. The molecule has 0 aliphatic carbocycles. The summed E-state index contributed by atoms with van der Waals surface area (Å²) in [6.45, 7) is 6.61. The van der Waals surface area contributed by atoms with Crippen molar-refractivity contribution in [3.63, 3.8) is 0 Å². The first-order valence-corrected chi connectivity index (χ1v) is 6.63. The fourth-order valence-electron chi connectivity index (χ4n) is 2.31. The predicted molar refractivity (Wildman–Crippen MR) is 79.6 cm³/mol. The van der Waals surface area contributed by atoms with E-state index < -0.39 is 0 Å². The maximum atomic E-state index is 5.94. The highest BCUT2D eigenvalue weighted by Crippen LogP contribution is 2.31. The molecule has 2 rings (SSSR count). The molecule has 2 aromatic heterocycles. The quantitative estimate of drug-likeness (QED) is 0.921. The third-order valence-electron chi connectivity index (χ3n) is 3.14. The fraction of sp³-hybridized carbons (Fsp3) is 0.500. The zero-order valence-electron chi connectivity index (χ0n) is 13.0. The number of nitrogens with two attached hydrogens (primary N) is 1. The van der Waals surface area contributed by atoms with E-state index in [2.05, 4.69) is 36.1 Å². The first kappa shape index (κ1) is 15.1. The summed E-state index contributed by atoms with van der Waals surface area (Å²) in [4.78, 5) is 4.35. The summed E-state index contributed by atoms with van der Waals surface area (Å²) in [5, 5.41) is 8.08. The van der Waals surface area contributed by atoms with Crippen LogP contribution in [0.3, 0.4) is 0 Å². The molecule has 0 aromatic carbocycles. The molecule has 114 valence electrons. The van der Waals surface area contributed by atoms with Gasteiger partial charge in [0.1, 0.15) is 5.69 Å². The SMILES string of the molecule is COc1ccnc(Cn2nnc(N)c2C(C)(C)C)c1OC. The van der Waals surface area contributed by atoms with Crippen LogP contribution in [0.15, 0.2) is 12.3 Å². The van der Waals surface area contributed by atoms with Crippen LogP contribution in [0.25, 0.3) is 0 Å². The topological polar surface area (TPSA) is 88.1 Å². The lowest BCUT2D eigenvalue weighted by Gasteiger charge is -2.20. The van der Waals surface area contributed by atoms with Gasteiger partial charge in [0.25, 0.3) is 0 Å². The molecule has 7 heteroatoms. The Morgan fingerprint density at radius 2 is 1.95 bits per heavy atom. The molecule has 0 spiro atoms. The molecule has 0 radical (unpaired) electrons. The van der Waals surface area contributed by atoms with Crippen LogP contribution in [0.5, 0.6) is 11.5 Å². The lowest BCUT2D eigenvalue weighted by Crippen LogP contribution is -2.21. The number of nitrogen functional groups attached to an aromatic ring is 1. The second-order valence-electron chi connectivity index (χ2n) is 5.72. The summed E-state index contributed by atoms with van der Waals surface area (Å²) in [6, 6.07) is 1.75. The number of methoxy groups -OCH3 is 2. The molecule has 2 N–H and O–H groups in total. The zero-order chi connectivity index (χ0) is 15.6. The standard InChI is InChI=1S/C14H21N5O2/c1-14(2,3)12-13(15)17-18-19(12)8-9-11(21-5)10(20-4)6-7-16-9/h6-7H,8,15H2,1-5H3. The normalized spacial score (nSPS) is 11.5. The van der Waals surface area contributed by atoms with Gasteiger partial charge in [-0.05, 0) is 0 Å². The van der Waals surface area contributed by atoms with Crippen molar-refractivity contribution in [2.24, 2.45) is 0 Å². The van der Waals surface area contributed by atoms with Crippen molar-refractivity contribution in [3.8, 4) is 11.5 Å². The summed E-state index contributed by atoms with van der Waals surface area (Å²) in [6.07, 6.45) is 1.67. The average molecular weight is 291 g/mol. The fourth-order valence-corrected chi connectivity index (χ4v) is 2.31. The third kappa shape index (κ3) is 2.91. The molecule has 0 aliphatic heterocycles. The highest BCUT2D eigenvalue weighted by atomic mass is 16.5. The Bertz CT molecular complexity index is 631. The lowest BCUT2D eigenvalue weighted by molar-refractivity contribution is 0.347. The van der Waals surface area contributed by atoms with Crippen LogP contribution in [-0.4, -0.2) is 34.2 Å². The van der Waals surface area contributed by atoms with Crippen LogP contribution in [0.1, 0.15) is 32.2 Å². The third-order valence-corrected chi connectivity index (χ3v) is 3.14. The van der Waals surface area contributed by atoms with E-state index in [1.807, 2.05) is 0 Å². The Morgan fingerprint density at radius 3 is 2.52 bits per heavy atom. The smallest absolute Gasteiger partial charge is 0.184 e. The molecular formula is C14H21N5O2. The minimum Gasteiger partial charge on any atom is -0.493 e. The van der Waals surface area contributed by atoms with Gasteiger partial charge in [0.2, 0.25) is 0 Å². The second kappa shape index (κ2) is 5.59. The van der Waals surface area contributed by atoms with E-state index in [-0.39, 0.29) is 5.41 Å². The lowest BCUT2D eigenvalue weighted by atomic mass is 9.92. The predicted octanol–water partition coefficient (Wildman–Crippen LogP) is 1.62. The van der Waals surface area contributed by atoms with E-state index in [1.165, 1.54) is 0 Å². The molecule has 2 aromatic rings. The van der Waals surface area contributed by atoms with E-state index >= 15 is 0 Å². The summed E-state index contributed by atoms with van der Waals surface area (Å²) >= 11 is 0. The van der Waals surface area contributed by atoms with Gasteiger partial charge in [0.15, 0.2) is 17.3 Å². The largest absolute Gasteiger partial charge is 0.493 e. The number of ether oxygens (including phenoxy) is 2. The number of anilines is 1. The van der Waals surface area contributed by atoms with Gasteiger partial charge in [-0.25, -0.2) is 4.68 Å². The minimum absolute atomic E-state index is 0.167. The van der Waals surface area contributed by atoms with Gasteiger partial charge in [-0.2, -0.15) is 0 Å². The Kier molecular flexibility index (Phi) is 4.02. The molecule has 0 aliphatic rings. The molecule has 21 heavy (non-hydrogen) atoms. The Labute approximate surface area is 124 Å². The van der Waals surface area contributed by atoms with Crippen molar-refractivity contribution in [1.82, 2.24) is 20.0 Å². The van der Waals surface area contributed by atoms with Crippen molar-refractivity contribution in [1.29, 1.82) is 0 Å². The van der Waals surface area contributed by atoms with Crippen LogP contribution in [-0.2, 0) is 12.0 Å². The monoisotopic (exact) mass is 291 g/mol. The van der Waals surface area contributed by atoms with E-state index in [0.717, 1.165) is 5.69 Å². The van der Waals surface area contributed by atoms with Crippen LogP contribution in [0.4, 0.5) is 5.82 Å². The van der Waals surface area contributed by atoms with Crippen LogP contribution < -0.4 is 15.2 Å². The number of pyridine rings is 1. The maximum Gasteiger partial charge on any atom is 0.184 e. The summed E-state index contributed by atoms with van der Waals surface area (Å²) in [7, 11) is 3.18. The molecule has 0 unspecified atom stereocenters. The Morgan fingerprint density at radius 1 is 1.24 bits per heavy atom. The van der Waals surface area contributed by atoms with Gasteiger partial charge < -0.3 is 15.2 Å². The molecule has 0 saturated heterocycles. The molecule has 2 heterocycles. The van der Waals surface area contributed by atoms with Gasteiger partial charge in [-0.1, -0.05) is 26.0 Å². The molecule has 7 nitrogen and oxygen atoms in total. The van der Waals surface area contributed by atoms with Crippen LogP contribution >= 0.6 is 0 Å². The van der Waals surface area contributed by atoms with Gasteiger partial charge in [0.05, 0.1) is 26.5 Å². The Hall–Kier alpha value is -2.31. The summed E-state index contributed by atoms with van der Waals surface area (Å²) in [5.74, 6) is 1.66. The van der Waals surface area contributed by atoms with E-state index in [9.17, 15) is 0 Å². The van der Waals surface area contributed by atoms with Crippen LogP contribution in [0.2, 0.25) is 0 Å². The first-order valence-electron chi connectivity index (χ1n) is 6.63. The number of hydrogen-bond donors (Lipinski definition) is 1. The minimum atomic E-state index is -0.167. The van der Waals surface area contributed by atoms with Crippen molar-refractivity contribution < 1.29 is 9.47 Å². The Balaban J connectivity index is 2.45. The molecule has 0 bridgehead atoms. The number of hydrogen-bond acceptors (Lipinski definition) is 6. The molecule has 0 amide bonds. The van der Waals surface area contributed by atoms with Crippen molar-refractivity contribution in [2.75, 3.05) is 20.0 Å². The van der Waals surface area contributed by atoms with Gasteiger partial charge >= 0.3 is 0 Å². The van der Waals surface area contributed by atoms with E-state index in [0.29, 0.717) is 29.6 Å². The zero-order valence-corrected chi connectivity index (χ0v) is 13.0. The second-order valence-corrected chi connectivity index (χ2v) is 5.72. The maximum absolute atomic E-state index is 5.94. The van der Waals surface area contributed by atoms with Gasteiger partial charge in [0, 0.05) is 17.7 Å². The van der Waals surface area contributed by atoms with Crippen LogP contribution in [0, 0.1) is 0 Å². The van der Waals surface area contributed by atoms with Crippen molar-refractivity contribution in [2.45, 2.75) is 32.7 Å². The molecule has 0 fully saturated rings. The average Bonchev–Trinajstić information content (AvgIpc) is 2.79. The molecule has 0 atom stereocenters. The van der Waals surface area contributed by atoms with E-state index in [1.54, 1.807) is 31.2 Å². The first-order chi connectivity index (χ1) is 9.88. The highest BCUT2D eigenvalue weighted by Gasteiger charge is 2.25. The summed E-state index contributed by atoms with van der Waals surface area (Å²) < 4.78 is 12.4. The molecule has 0 saturated carbocycles. The number of nitrogens with zero attached hydrogens (tertiary/aromatic N) is 4. The van der Waals surface area contributed by atoms with Crippen molar-refractivity contribution in [3.05, 3.63) is 23.7 Å². The van der Waals surface area contributed by atoms with Gasteiger partial charge in [-0.3, -0.25) is 4.98 Å².